The molecule has 1 aromatic heterocycles. The Hall–Kier alpha value is -1.34. The van der Waals surface area contributed by atoms with Gasteiger partial charge in [0.05, 0.1) is 12.6 Å². The summed E-state index contributed by atoms with van der Waals surface area (Å²) in [7, 11) is 0. The van der Waals surface area contributed by atoms with Crippen molar-refractivity contribution in [3.05, 3.63) is 11.8 Å². The van der Waals surface area contributed by atoms with E-state index in [1.165, 1.54) is 18.0 Å². The third kappa shape index (κ3) is 2.86. The first kappa shape index (κ1) is 12.1. The molecule has 0 aromatic carbocycles. The molecule has 17 heavy (non-hydrogen) atoms. The van der Waals surface area contributed by atoms with Gasteiger partial charge in [0.25, 0.3) is 0 Å². The van der Waals surface area contributed by atoms with E-state index in [0.717, 1.165) is 6.42 Å². The minimum absolute atomic E-state index is 0.0923. The Labute approximate surface area is 103 Å². The summed E-state index contributed by atoms with van der Waals surface area (Å²) >= 11 is 1.37. The van der Waals surface area contributed by atoms with Crippen molar-refractivity contribution in [2.45, 2.75) is 17.6 Å². The van der Waals surface area contributed by atoms with Crippen LogP contribution in [0, 0.1) is 0 Å². The molecule has 92 valence electrons. The number of thioether (sulfide) groups is 1. The molecular weight excluding hydrogens is 242 g/mol. The number of carboxylic acid groups (broad SMARTS) is 1. The van der Waals surface area contributed by atoms with E-state index in [9.17, 15) is 4.79 Å². The van der Waals surface area contributed by atoms with Crippen LogP contribution in [0.25, 0.3) is 0 Å². The highest BCUT2D eigenvalue weighted by Crippen LogP contribution is 2.19. The third-order valence-corrected chi connectivity index (χ3v) is 3.01. The molecule has 0 aliphatic carbocycles. The van der Waals surface area contributed by atoms with Crippen molar-refractivity contribution in [2.75, 3.05) is 24.8 Å². The topological polar surface area (TPSA) is 84.3 Å². The first-order chi connectivity index (χ1) is 8.20. The van der Waals surface area contributed by atoms with E-state index < -0.39 is 5.97 Å². The molecule has 7 heteroatoms. The van der Waals surface area contributed by atoms with Gasteiger partial charge in [0.1, 0.15) is 11.4 Å². The zero-order valence-corrected chi connectivity index (χ0v) is 10.2. The number of carboxylic acids is 1. The number of aromatic nitrogens is 2. The molecule has 2 heterocycles. The van der Waals surface area contributed by atoms with E-state index in [4.69, 9.17) is 9.84 Å². The van der Waals surface area contributed by atoms with Gasteiger partial charge in [0.15, 0.2) is 5.16 Å². The number of rotatable bonds is 4. The maximum absolute atomic E-state index is 11.0. The van der Waals surface area contributed by atoms with Gasteiger partial charge in [0, 0.05) is 12.8 Å². The molecule has 1 saturated heterocycles. The maximum atomic E-state index is 11.0. The molecule has 0 saturated carbocycles. The van der Waals surface area contributed by atoms with Crippen molar-refractivity contribution in [3.8, 4) is 0 Å². The summed E-state index contributed by atoms with van der Waals surface area (Å²) in [6.07, 6.45) is 4.04. The Morgan fingerprint density at radius 1 is 1.71 bits per heavy atom. The van der Waals surface area contributed by atoms with Crippen LogP contribution in [0.15, 0.2) is 11.4 Å². The molecule has 6 nitrogen and oxygen atoms in total. The fraction of sp³-hybridized carbons (Fsp3) is 0.500. The van der Waals surface area contributed by atoms with Crippen LogP contribution >= 0.6 is 11.8 Å². The number of nitrogens with one attached hydrogen (secondary N) is 1. The summed E-state index contributed by atoms with van der Waals surface area (Å²) in [5.41, 5.74) is 0.0923. The van der Waals surface area contributed by atoms with Crippen LogP contribution in [0.4, 0.5) is 5.82 Å². The van der Waals surface area contributed by atoms with Gasteiger partial charge in [-0.3, -0.25) is 0 Å². The normalized spacial score (nSPS) is 19.2. The molecule has 0 amide bonds. The molecule has 1 aromatic rings. The second-order valence-corrected chi connectivity index (χ2v) is 4.40. The van der Waals surface area contributed by atoms with Crippen molar-refractivity contribution in [1.29, 1.82) is 0 Å². The first-order valence-electron chi connectivity index (χ1n) is 5.19. The molecule has 0 bridgehead atoms. The molecule has 2 rings (SSSR count). The quantitative estimate of drug-likeness (QED) is 0.615. The lowest BCUT2D eigenvalue weighted by atomic mass is 10.2. The Bertz CT molecular complexity index is 421. The van der Waals surface area contributed by atoms with Gasteiger partial charge >= 0.3 is 5.97 Å². The van der Waals surface area contributed by atoms with Crippen molar-refractivity contribution in [2.24, 2.45) is 0 Å². The molecule has 0 spiro atoms. The summed E-state index contributed by atoms with van der Waals surface area (Å²) in [4.78, 5) is 19.2. The van der Waals surface area contributed by atoms with E-state index in [-0.39, 0.29) is 11.6 Å². The number of hydrogen-bond acceptors (Lipinski definition) is 6. The van der Waals surface area contributed by atoms with Crippen molar-refractivity contribution < 1.29 is 14.6 Å². The minimum atomic E-state index is -1.03. The highest BCUT2D eigenvalue weighted by atomic mass is 32.2. The summed E-state index contributed by atoms with van der Waals surface area (Å²) < 4.78 is 5.23. The van der Waals surface area contributed by atoms with Crippen LogP contribution in [0.1, 0.15) is 16.8 Å². The summed E-state index contributed by atoms with van der Waals surface area (Å²) in [5, 5.41) is 12.7. The Kier molecular flexibility index (Phi) is 3.80. The predicted molar refractivity (Wildman–Crippen MR) is 63.6 cm³/mol. The second-order valence-electron chi connectivity index (χ2n) is 3.63. The van der Waals surface area contributed by atoms with Gasteiger partial charge in [-0.05, 0) is 12.7 Å². The lowest BCUT2D eigenvalue weighted by molar-refractivity contribution is 0.0697. The highest BCUT2D eigenvalue weighted by molar-refractivity contribution is 7.98. The lowest BCUT2D eigenvalue weighted by Gasteiger charge is -2.13. The third-order valence-electron chi connectivity index (χ3n) is 2.45. The van der Waals surface area contributed by atoms with Gasteiger partial charge in [-0.15, -0.1) is 0 Å². The number of ether oxygens (including phenoxy) is 1. The minimum Gasteiger partial charge on any atom is -0.477 e. The van der Waals surface area contributed by atoms with Gasteiger partial charge in [-0.2, -0.15) is 0 Å². The van der Waals surface area contributed by atoms with E-state index >= 15 is 0 Å². The maximum Gasteiger partial charge on any atom is 0.341 e. The van der Waals surface area contributed by atoms with Gasteiger partial charge in [-0.25, -0.2) is 14.8 Å². The molecule has 1 unspecified atom stereocenters. The summed E-state index contributed by atoms with van der Waals surface area (Å²) in [6, 6.07) is 0.123. The number of aromatic carboxylic acids is 1. The van der Waals surface area contributed by atoms with E-state index in [0.29, 0.717) is 24.2 Å². The molecule has 1 aliphatic heterocycles. The van der Waals surface area contributed by atoms with Crippen LogP contribution in [0.2, 0.25) is 0 Å². The fourth-order valence-electron chi connectivity index (χ4n) is 1.57. The van der Waals surface area contributed by atoms with E-state index in [1.807, 2.05) is 6.26 Å². The Balaban J connectivity index is 2.24. The zero-order valence-electron chi connectivity index (χ0n) is 9.34. The molecule has 2 N–H and O–H groups in total. The highest BCUT2D eigenvalue weighted by Gasteiger charge is 2.20. The van der Waals surface area contributed by atoms with Crippen molar-refractivity contribution >= 4 is 23.5 Å². The number of carbonyl (C=O) groups is 1. The molecule has 1 fully saturated rings. The predicted octanol–water partition coefficient (Wildman–Crippen LogP) is 1.10. The van der Waals surface area contributed by atoms with Crippen LogP contribution in [0.5, 0.6) is 0 Å². The van der Waals surface area contributed by atoms with E-state index in [2.05, 4.69) is 15.3 Å². The van der Waals surface area contributed by atoms with Crippen molar-refractivity contribution in [1.82, 2.24) is 9.97 Å². The lowest BCUT2D eigenvalue weighted by Crippen LogP contribution is -2.22. The Morgan fingerprint density at radius 3 is 3.12 bits per heavy atom. The average molecular weight is 255 g/mol. The zero-order chi connectivity index (χ0) is 12.3. The Morgan fingerprint density at radius 2 is 2.53 bits per heavy atom. The summed E-state index contributed by atoms with van der Waals surface area (Å²) in [6.45, 7) is 1.28. The van der Waals surface area contributed by atoms with Crippen LogP contribution in [-0.2, 0) is 4.74 Å². The number of hydrogen-bond donors (Lipinski definition) is 2. The van der Waals surface area contributed by atoms with Crippen LogP contribution < -0.4 is 5.32 Å². The molecule has 1 atom stereocenters. The average Bonchev–Trinajstić information content (AvgIpc) is 2.81. The standard InChI is InChI=1S/C10H13N3O3S/c1-17-10-11-4-7(9(14)15)8(13-10)12-6-2-3-16-5-6/h4,6H,2-3,5H2,1H3,(H,14,15)(H,11,12,13). The largest absolute Gasteiger partial charge is 0.477 e. The van der Waals surface area contributed by atoms with Gasteiger partial charge in [0.2, 0.25) is 0 Å². The van der Waals surface area contributed by atoms with Gasteiger partial charge in [-0.1, -0.05) is 11.8 Å². The monoisotopic (exact) mass is 255 g/mol. The SMILES string of the molecule is CSc1ncc(C(=O)O)c(NC2CCOC2)n1. The van der Waals surface area contributed by atoms with Crippen LogP contribution in [0.3, 0.4) is 0 Å². The molecule has 0 radical (unpaired) electrons. The first-order valence-corrected chi connectivity index (χ1v) is 6.42. The van der Waals surface area contributed by atoms with Crippen molar-refractivity contribution in [3.63, 3.8) is 0 Å². The summed E-state index contributed by atoms with van der Waals surface area (Å²) in [5.74, 6) is -0.661. The molecule has 1 aliphatic rings. The van der Waals surface area contributed by atoms with Gasteiger partial charge < -0.3 is 15.2 Å². The van der Waals surface area contributed by atoms with Crippen LogP contribution in [-0.4, -0.2) is 46.6 Å². The smallest absolute Gasteiger partial charge is 0.341 e. The number of anilines is 1. The second kappa shape index (κ2) is 5.33. The number of nitrogens with zero attached hydrogens (tertiary/aromatic N) is 2. The molecular formula is C10H13N3O3S. The fourth-order valence-corrected chi connectivity index (χ4v) is 1.91. The van der Waals surface area contributed by atoms with E-state index in [1.54, 1.807) is 0 Å².